The minimum Gasteiger partial charge on any atom is -0.454 e. The lowest BCUT2D eigenvalue weighted by atomic mass is 10.0. The summed E-state index contributed by atoms with van der Waals surface area (Å²) in [7, 11) is 0. The summed E-state index contributed by atoms with van der Waals surface area (Å²) in [5.74, 6) is 2.71. The molecule has 2 aliphatic rings. The van der Waals surface area contributed by atoms with Crippen molar-refractivity contribution in [1.29, 1.82) is 0 Å². The first-order valence-electron chi connectivity index (χ1n) is 7.94. The molecule has 2 aromatic rings. The van der Waals surface area contributed by atoms with E-state index in [4.69, 9.17) is 21.7 Å². The van der Waals surface area contributed by atoms with Crippen molar-refractivity contribution < 1.29 is 9.47 Å². The summed E-state index contributed by atoms with van der Waals surface area (Å²) in [6, 6.07) is 14.8. The van der Waals surface area contributed by atoms with E-state index in [1.807, 2.05) is 30.0 Å². The Morgan fingerprint density at radius 2 is 2.04 bits per heavy atom. The van der Waals surface area contributed by atoms with E-state index in [1.165, 1.54) is 10.5 Å². The average Bonchev–Trinajstić information content (AvgIpc) is 3.08. The highest BCUT2D eigenvalue weighted by Gasteiger charge is 2.20. The highest BCUT2D eigenvalue weighted by Crippen LogP contribution is 2.36. The second-order valence-corrected chi connectivity index (χ2v) is 7.29. The summed E-state index contributed by atoms with van der Waals surface area (Å²) in [6.07, 6.45) is 1.08. The molecule has 4 nitrogen and oxygen atoms in total. The Kier molecular flexibility index (Phi) is 4.49. The van der Waals surface area contributed by atoms with Gasteiger partial charge >= 0.3 is 0 Å². The second-order valence-electron chi connectivity index (χ2n) is 5.74. The molecule has 0 radical (unpaired) electrons. The van der Waals surface area contributed by atoms with Crippen LogP contribution in [0, 0.1) is 0 Å². The molecule has 0 bridgehead atoms. The van der Waals surface area contributed by atoms with Crippen LogP contribution in [0.1, 0.15) is 23.6 Å². The zero-order valence-electron chi connectivity index (χ0n) is 13.1. The van der Waals surface area contributed by atoms with Gasteiger partial charge in [-0.1, -0.05) is 24.3 Å². The minimum absolute atomic E-state index is 0.277. The second kappa shape index (κ2) is 6.91. The molecule has 0 spiro atoms. The van der Waals surface area contributed by atoms with E-state index in [9.17, 15) is 0 Å². The molecule has 4 rings (SSSR count). The van der Waals surface area contributed by atoms with Crippen molar-refractivity contribution in [3.05, 3.63) is 53.6 Å². The third kappa shape index (κ3) is 3.30. The first kappa shape index (κ1) is 15.6. The largest absolute Gasteiger partial charge is 0.454 e. The Morgan fingerprint density at radius 1 is 1.17 bits per heavy atom. The molecule has 0 unspecified atom stereocenters. The van der Waals surface area contributed by atoms with Gasteiger partial charge in [-0.05, 0) is 48.0 Å². The van der Waals surface area contributed by atoms with Gasteiger partial charge in [-0.2, -0.15) is 0 Å². The van der Waals surface area contributed by atoms with Crippen molar-refractivity contribution in [3.63, 3.8) is 0 Å². The molecule has 2 heterocycles. The van der Waals surface area contributed by atoms with Crippen LogP contribution in [0.5, 0.6) is 11.5 Å². The molecule has 0 saturated carbocycles. The summed E-state index contributed by atoms with van der Waals surface area (Å²) in [5, 5.41) is 7.41. The van der Waals surface area contributed by atoms with Crippen LogP contribution in [0.3, 0.4) is 0 Å². The molecule has 0 fully saturated rings. The standard InChI is InChI=1S/C18H18N2O2S2/c23-18(19-10-12-5-6-15-16(9-12)22-11-21-15)20-14-7-8-24-17-4-2-1-3-13(14)17/h1-6,9,14H,7-8,10-11H2,(H2,19,20,23)/t14-/m0/s1. The van der Waals surface area contributed by atoms with Crippen LogP contribution in [0.25, 0.3) is 0 Å². The van der Waals surface area contributed by atoms with Gasteiger partial charge in [-0.15, -0.1) is 11.8 Å². The monoisotopic (exact) mass is 358 g/mol. The summed E-state index contributed by atoms with van der Waals surface area (Å²) < 4.78 is 10.7. The number of benzene rings is 2. The maximum absolute atomic E-state index is 5.48. The molecular formula is C18H18N2O2S2. The first-order chi connectivity index (χ1) is 11.8. The van der Waals surface area contributed by atoms with Gasteiger partial charge in [0.25, 0.3) is 0 Å². The maximum atomic E-state index is 5.48. The molecule has 24 heavy (non-hydrogen) atoms. The Bertz CT molecular complexity index is 766. The van der Waals surface area contributed by atoms with Gasteiger partial charge in [0.1, 0.15) is 0 Å². The third-order valence-electron chi connectivity index (χ3n) is 4.15. The minimum atomic E-state index is 0.277. The molecular weight excluding hydrogens is 340 g/mol. The Labute approximate surface area is 150 Å². The van der Waals surface area contributed by atoms with Crippen molar-refractivity contribution in [3.8, 4) is 11.5 Å². The van der Waals surface area contributed by atoms with E-state index in [2.05, 4.69) is 34.9 Å². The van der Waals surface area contributed by atoms with E-state index in [-0.39, 0.29) is 6.04 Å². The predicted octanol–water partition coefficient (Wildman–Crippen LogP) is 3.62. The number of hydrogen-bond donors (Lipinski definition) is 2. The van der Waals surface area contributed by atoms with Gasteiger partial charge in [-0.3, -0.25) is 0 Å². The predicted molar refractivity (Wildman–Crippen MR) is 99.7 cm³/mol. The van der Waals surface area contributed by atoms with Crippen LogP contribution >= 0.6 is 24.0 Å². The molecule has 124 valence electrons. The van der Waals surface area contributed by atoms with Crippen LogP contribution in [-0.2, 0) is 6.54 Å². The lowest BCUT2D eigenvalue weighted by Crippen LogP contribution is -2.38. The van der Waals surface area contributed by atoms with Gasteiger partial charge in [-0.25, -0.2) is 0 Å². The molecule has 2 N–H and O–H groups in total. The van der Waals surface area contributed by atoms with Crippen LogP contribution < -0.4 is 20.1 Å². The van der Waals surface area contributed by atoms with Crippen molar-refractivity contribution >= 4 is 29.1 Å². The molecule has 2 aliphatic heterocycles. The SMILES string of the molecule is S=C(NCc1ccc2c(c1)OCO2)N[C@H]1CCSc2ccccc21. The fourth-order valence-corrected chi connectivity index (χ4v) is 4.27. The van der Waals surface area contributed by atoms with Crippen molar-refractivity contribution in [2.45, 2.75) is 23.9 Å². The van der Waals surface area contributed by atoms with Crippen LogP contribution in [0.4, 0.5) is 0 Å². The maximum Gasteiger partial charge on any atom is 0.231 e. The van der Waals surface area contributed by atoms with Gasteiger partial charge < -0.3 is 20.1 Å². The first-order valence-corrected chi connectivity index (χ1v) is 9.33. The zero-order chi connectivity index (χ0) is 16.4. The lowest BCUT2D eigenvalue weighted by molar-refractivity contribution is 0.174. The average molecular weight is 358 g/mol. The number of thiocarbonyl (C=S) groups is 1. The number of fused-ring (bicyclic) bond motifs is 2. The number of nitrogens with one attached hydrogen (secondary N) is 2. The van der Waals surface area contributed by atoms with Crippen molar-refractivity contribution in [2.24, 2.45) is 0 Å². The fraction of sp³-hybridized carbons (Fsp3) is 0.278. The number of rotatable bonds is 3. The smallest absolute Gasteiger partial charge is 0.231 e. The third-order valence-corrected chi connectivity index (χ3v) is 5.54. The van der Waals surface area contributed by atoms with E-state index in [0.29, 0.717) is 18.5 Å². The summed E-state index contributed by atoms with van der Waals surface area (Å²) >= 11 is 7.39. The highest BCUT2D eigenvalue weighted by atomic mass is 32.2. The van der Waals surface area contributed by atoms with E-state index in [0.717, 1.165) is 29.2 Å². The fourth-order valence-electron chi connectivity index (χ4n) is 2.93. The molecule has 0 amide bonds. The summed E-state index contributed by atoms with van der Waals surface area (Å²) in [5.41, 5.74) is 2.45. The topological polar surface area (TPSA) is 42.5 Å². The molecule has 0 aliphatic carbocycles. The Balaban J connectivity index is 1.36. The molecule has 6 heteroatoms. The van der Waals surface area contributed by atoms with Crippen LogP contribution in [0.15, 0.2) is 47.4 Å². The van der Waals surface area contributed by atoms with Gasteiger partial charge in [0.2, 0.25) is 6.79 Å². The van der Waals surface area contributed by atoms with Crippen molar-refractivity contribution in [1.82, 2.24) is 10.6 Å². The number of ether oxygens (including phenoxy) is 2. The lowest BCUT2D eigenvalue weighted by Gasteiger charge is -2.27. The number of hydrogen-bond acceptors (Lipinski definition) is 4. The van der Waals surface area contributed by atoms with Crippen LogP contribution in [0.2, 0.25) is 0 Å². The van der Waals surface area contributed by atoms with Gasteiger partial charge in [0, 0.05) is 17.2 Å². The number of thioether (sulfide) groups is 1. The van der Waals surface area contributed by atoms with Crippen molar-refractivity contribution in [2.75, 3.05) is 12.5 Å². The zero-order valence-corrected chi connectivity index (χ0v) is 14.7. The van der Waals surface area contributed by atoms with E-state index >= 15 is 0 Å². The molecule has 1 atom stereocenters. The van der Waals surface area contributed by atoms with Gasteiger partial charge in [0.15, 0.2) is 16.6 Å². The Morgan fingerprint density at radius 3 is 3.00 bits per heavy atom. The molecule has 2 aromatic carbocycles. The summed E-state index contributed by atoms with van der Waals surface area (Å²) in [4.78, 5) is 1.35. The van der Waals surface area contributed by atoms with E-state index in [1.54, 1.807) is 0 Å². The van der Waals surface area contributed by atoms with E-state index < -0.39 is 0 Å². The van der Waals surface area contributed by atoms with Crippen LogP contribution in [-0.4, -0.2) is 17.7 Å². The highest BCUT2D eigenvalue weighted by molar-refractivity contribution is 7.99. The molecule has 0 saturated heterocycles. The Hall–Kier alpha value is -1.92. The molecule has 0 aromatic heterocycles. The van der Waals surface area contributed by atoms with Gasteiger partial charge in [0.05, 0.1) is 6.04 Å². The quantitative estimate of drug-likeness (QED) is 0.817. The normalized spacial score (nSPS) is 17.9. The summed E-state index contributed by atoms with van der Waals surface area (Å²) in [6.45, 7) is 0.955.